The predicted molar refractivity (Wildman–Crippen MR) is 101 cm³/mol. The lowest BCUT2D eigenvalue weighted by atomic mass is 10.2. The molecular formula is C20H16FN5. The lowest BCUT2D eigenvalue weighted by Gasteiger charge is -2.12. The van der Waals surface area contributed by atoms with Crippen molar-refractivity contribution in [3.63, 3.8) is 0 Å². The molecule has 0 fully saturated rings. The lowest BCUT2D eigenvalue weighted by Crippen LogP contribution is -2.06. The van der Waals surface area contributed by atoms with Crippen LogP contribution in [0, 0.1) is 5.82 Å². The number of fused-ring (bicyclic) bond motifs is 1. The van der Waals surface area contributed by atoms with Crippen molar-refractivity contribution in [3.8, 4) is 0 Å². The number of halogens is 1. The topological polar surface area (TPSA) is 62.7 Å². The molecule has 0 spiro atoms. The van der Waals surface area contributed by atoms with Gasteiger partial charge in [0.25, 0.3) is 0 Å². The van der Waals surface area contributed by atoms with E-state index in [4.69, 9.17) is 0 Å². The quantitative estimate of drug-likeness (QED) is 0.557. The van der Waals surface area contributed by atoms with Gasteiger partial charge in [-0.2, -0.15) is 4.98 Å². The highest BCUT2D eigenvalue weighted by Gasteiger charge is 2.08. The maximum atomic E-state index is 13.1. The second-order valence-corrected chi connectivity index (χ2v) is 5.76. The molecule has 0 amide bonds. The molecule has 2 N–H and O–H groups in total. The molecule has 0 saturated heterocycles. The molecule has 4 rings (SSSR count). The van der Waals surface area contributed by atoms with Gasteiger partial charge < -0.3 is 10.6 Å². The molecule has 0 unspecified atom stereocenters. The maximum Gasteiger partial charge on any atom is 0.229 e. The average Bonchev–Trinajstić information content (AvgIpc) is 2.69. The smallest absolute Gasteiger partial charge is 0.229 e. The van der Waals surface area contributed by atoms with Gasteiger partial charge in [-0.3, -0.25) is 4.98 Å². The van der Waals surface area contributed by atoms with Gasteiger partial charge in [-0.1, -0.05) is 30.3 Å². The third-order valence-electron chi connectivity index (χ3n) is 3.90. The molecule has 2 aromatic heterocycles. The summed E-state index contributed by atoms with van der Waals surface area (Å²) in [5.41, 5.74) is 2.59. The van der Waals surface area contributed by atoms with E-state index in [9.17, 15) is 4.39 Å². The third-order valence-corrected chi connectivity index (χ3v) is 3.90. The van der Waals surface area contributed by atoms with Gasteiger partial charge in [0.05, 0.1) is 11.7 Å². The molecule has 2 aromatic carbocycles. The highest BCUT2D eigenvalue weighted by Crippen LogP contribution is 2.23. The highest BCUT2D eigenvalue weighted by molar-refractivity contribution is 5.89. The van der Waals surface area contributed by atoms with Crippen molar-refractivity contribution >= 4 is 28.4 Å². The Morgan fingerprint density at radius 3 is 2.50 bits per heavy atom. The maximum absolute atomic E-state index is 13.1. The Bertz CT molecular complexity index is 1020. The van der Waals surface area contributed by atoms with Gasteiger partial charge >= 0.3 is 0 Å². The van der Waals surface area contributed by atoms with E-state index in [1.165, 1.54) is 12.1 Å². The van der Waals surface area contributed by atoms with Crippen LogP contribution < -0.4 is 10.6 Å². The molecule has 0 atom stereocenters. The molecule has 0 radical (unpaired) electrons. The van der Waals surface area contributed by atoms with Crippen LogP contribution in [0.2, 0.25) is 0 Å². The number of hydrogen-bond acceptors (Lipinski definition) is 5. The van der Waals surface area contributed by atoms with E-state index in [1.54, 1.807) is 24.5 Å². The minimum absolute atomic E-state index is 0.288. The van der Waals surface area contributed by atoms with Crippen LogP contribution in [-0.4, -0.2) is 15.0 Å². The first-order chi connectivity index (χ1) is 12.8. The second-order valence-electron chi connectivity index (χ2n) is 5.76. The fraction of sp³-hybridized carbons (Fsp3) is 0.0500. The SMILES string of the molecule is Fc1ccc(Nc2nc(NCc3ccccc3)c3ccncc3n2)cc1. The van der Waals surface area contributed by atoms with E-state index >= 15 is 0 Å². The van der Waals surface area contributed by atoms with E-state index in [1.807, 2.05) is 24.3 Å². The zero-order valence-corrected chi connectivity index (χ0v) is 13.9. The largest absolute Gasteiger partial charge is 0.365 e. The van der Waals surface area contributed by atoms with Crippen LogP contribution in [0.15, 0.2) is 73.1 Å². The van der Waals surface area contributed by atoms with Crippen LogP contribution in [0.25, 0.3) is 10.9 Å². The molecule has 6 heteroatoms. The number of anilines is 3. The number of pyridine rings is 1. The molecule has 0 aliphatic rings. The summed E-state index contributed by atoms with van der Waals surface area (Å²) in [6.45, 7) is 0.644. The highest BCUT2D eigenvalue weighted by atomic mass is 19.1. The molecule has 0 aliphatic heterocycles. The summed E-state index contributed by atoms with van der Waals surface area (Å²) >= 11 is 0. The first-order valence-corrected chi connectivity index (χ1v) is 8.20. The summed E-state index contributed by atoms with van der Waals surface area (Å²) in [5.74, 6) is 0.850. The standard InChI is InChI=1S/C20H16FN5/c21-15-6-8-16(9-7-15)24-20-25-18-13-22-11-10-17(18)19(26-20)23-12-14-4-2-1-3-5-14/h1-11,13H,12H2,(H2,23,24,25,26). The van der Waals surface area contributed by atoms with Crippen molar-refractivity contribution in [3.05, 3.63) is 84.4 Å². The van der Waals surface area contributed by atoms with Crippen molar-refractivity contribution in [2.24, 2.45) is 0 Å². The van der Waals surface area contributed by atoms with Crippen LogP contribution >= 0.6 is 0 Å². The zero-order valence-electron chi connectivity index (χ0n) is 13.9. The Morgan fingerprint density at radius 2 is 1.69 bits per heavy atom. The molecule has 4 aromatic rings. The summed E-state index contributed by atoms with van der Waals surface area (Å²) in [4.78, 5) is 13.2. The molecule has 26 heavy (non-hydrogen) atoms. The Kier molecular flexibility index (Phi) is 4.38. The molecule has 5 nitrogen and oxygen atoms in total. The summed E-state index contributed by atoms with van der Waals surface area (Å²) in [6.07, 6.45) is 3.41. The number of nitrogens with one attached hydrogen (secondary N) is 2. The monoisotopic (exact) mass is 345 g/mol. The van der Waals surface area contributed by atoms with Crippen molar-refractivity contribution in [2.45, 2.75) is 6.54 Å². The summed E-state index contributed by atoms with van der Waals surface area (Å²) in [5, 5.41) is 7.35. The number of nitrogens with zero attached hydrogens (tertiary/aromatic N) is 3. The van der Waals surface area contributed by atoms with Crippen LogP contribution in [0.3, 0.4) is 0 Å². The summed E-state index contributed by atoms with van der Waals surface area (Å²) in [6, 6.07) is 18.0. The van der Waals surface area contributed by atoms with E-state index in [0.29, 0.717) is 24.0 Å². The lowest BCUT2D eigenvalue weighted by molar-refractivity contribution is 0.628. The predicted octanol–water partition coefficient (Wildman–Crippen LogP) is 4.52. The van der Waals surface area contributed by atoms with E-state index in [0.717, 1.165) is 16.5 Å². The van der Waals surface area contributed by atoms with Gasteiger partial charge in [-0.25, -0.2) is 9.37 Å². The van der Waals surface area contributed by atoms with Crippen LogP contribution in [-0.2, 0) is 6.54 Å². The zero-order chi connectivity index (χ0) is 17.8. The van der Waals surface area contributed by atoms with Crippen molar-refractivity contribution in [2.75, 3.05) is 10.6 Å². The second kappa shape index (κ2) is 7.14. The van der Waals surface area contributed by atoms with Gasteiger partial charge in [-0.05, 0) is 35.9 Å². The van der Waals surface area contributed by atoms with Crippen LogP contribution in [0.5, 0.6) is 0 Å². The van der Waals surface area contributed by atoms with Crippen LogP contribution in [0.1, 0.15) is 5.56 Å². The third kappa shape index (κ3) is 3.59. The van der Waals surface area contributed by atoms with Crippen molar-refractivity contribution in [1.82, 2.24) is 15.0 Å². The average molecular weight is 345 g/mol. The molecular weight excluding hydrogens is 329 g/mol. The molecule has 0 aliphatic carbocycles. The van der Waals surface area contributed by atoms with Crippen LogP contribution in [0.4, 0.5) is 21.8 Å². The number of rotatable bonds is 5. The van der Waals surface area contributed by atoms with Gasteiger partial charge in [-0.15, -0.1) is 0 Å². The van der Waals surface area contributed by atoms with Gasteiger partial charge in [0.1, 0.15) is 11.6 Å². The normalized spacial score (nSPS) is 10.7. The number of aromatic nitrogens is 3. The van der Waals surface area contributed by atoms with Crippen molar-refractivity contribution < 1.29 is 4.39 Å². The fourth-order valence-corrected chi connectivity index (χ4v) is 2.62. The number of hydrogen-bond donors (Lipinski definition) is 2. The first-order valence-electron chi connectivity index (χ1n) is 8.20. The first kappa shape index (κ1) is 16.0. The van der Waals surface area contributed by atoms with Gasteiger partial charge in [0, 0.05) is 23.8 Å². The Balaban J connectivity index is 1.65. The van der Waals surface area contributed by atoms with Gasteiger partial charge in [0.15, 0.2) is 0 Å². The Labute approximate surface area is 150 Å². The summed E-state index contributed by atoms with van der Waals surface area (Å²) in [7, 11) is 0. The minimum atomic E-state index is -0.288. The Morgan fingerprint density at radius 1 is 0.885 bits per heavy atom. The van der Waals surface area contributed by atoms with E-state index in [-0.39, 0.29) is 5.82 Å². The molecule has 128 valence electrons. The summed E-state index contributed by atoms with van der Waals surface area (Å²) < 4.78 is 13.1. The van der Waals surface area contributed by atoms with Crippen molar-refractivity contribution in [1.29, 1.82) is 0 Å². The van der Waals surface area contributed by atoms with E-state index < -0.39 is 0 Å². The molecule has 0 saturated carbocycles. The Hall–Kier alpha value is -3.54. The number of benzene rings is 2. The fourth-order valence-electron chi connectivity index (χ4n) is 2.62. The van der Waals surface area contributed by atoms with Gasteiger partial charge in [0.2, 0.25) is 5.95 Å². The minimum Gasteiger partial charge on any atom is -0.365 e. The molecule has 2 heterocycles. The molecule has 0 bridgehead atoms. The van der Waals surface area contributed by atoms with E-state index in [2.05, 4.69) is 37.7 Å².